The summed E-state index contributed by atoms with van der Waals surface area (Å²) in [4.78, 5) is 6.40. The van der Waals surface area contributed by atoms with Crippen molar-refractivity contribution in [3.8, 4) is 0 Å². The zero-order chi connectivity index (χ0) is 22.4. The number of benzene rings is 1. The summed E-state index contributed by atoms with van der Waals surface area (Å²) < 4.78 is 30.5. The molecule has 0 spiro atoms. The van der Waals surface area contributed by atoms with E-state index >= 15 is 0 Å². The minimum Gasteiger partial charge on any atom is -0.357 e. The molecule has 2 rings (SSSR count). The smallest absolute Gasteiger partial charge is 0.191 e. The van der Waals surface area contributed by atoms with Gasteiger partial charge in [-0.15, -0.1) is 0 Å². The van der Waals surface area contributed by atoms with Gasteiger partial charge in [-0.1, -0.05) is 6.07 Å². The predicted octanol–water partition coefficient (Wildman–Crippen LogP) is 3.10. The number of aryl methyl sites for hydroxylation is 2. The maximum Gasteiger partial charge on any atom is 0.191 e. The molecule has 0 aliphatic rings. The van der Waals surface area contributed by atoms with Gasteiger partial charge < -0.3 is 15.5 Å². The van der Waals surface area contributed by atoms with Crippen LogP contribution in [-0.2, 0) is 13.5 Å². The summed E-state index contributed by atoms with van der Waals surface area (Å²) in [6.45, 7) is 9.04. The number of hydrogen-bond donors (Lipinski definition) is 2. The number of nitrogens with one attached hydrogen (secondary N) is 2. The molecule has 30 heavy (non-hydrogen) atoms. The predicted molar refractivity (Wildman–Crippen MR) is 118 cm³/mol. The highest BCUT2D eigenvalue weighted by molar-refractivity contribution is 5.80. The molecule has 1 aromatic heterocycles. The Hall–Kier alpha value is -2.48. The van der Waals surface area contributed by atoms with Gasteiger partial charge in [0.25, 0.3) is 0 Å². The van der Waals surface area contributed by atoms with Crippen molar-refractivity contribution in [2.45, 2.75) is 46.2 Å². The lowest BCUT2D eigenvalue weighted by Gasteiger charge is -2.25. The van der Waals surface area contributed by atoms with Crippen LogP contribution < -0.4 is 10.6 Å². The van der Waals surface area contributed by atoms with E-state index in [1.807, 2.05) is 25.6 Å². The Bertz CT molecular complexity index is 855. The molecule has 2 aromatic rings. The summed E-state index contributed by atoms with van der Waals surface area (Å²) in [5, 5.41) is 11.1. The molecule has 0 amide bonds. The van der Waals surface area contributed by atoms with Crippen molar-refractivity contribution < 1.29 is 8.78 Å². The van der Waals surface area contributed by atoms with Gasteiger partial charge in [0.1, 0.15) is 11.6 Å². The first-order valence-electron chi connectivity index (χ1n) is 10.3. The van der Waals surface area contributed by atoms with Crippen molar-refractivity contribution in [2.75, 3.05) is 27.2 Å². The van der Waals surface area contributed by atoms with Crippen LogP contribution in [0.15, 0.2) is 23.2 Å². The molecular weight excluding hydrogens is 386 g/mol. The minimum atomic E-state index is -0.558. The van der Waals surface area contributed by atoms with Crippen molar-refractivity contribution in [1.29, 1.82) is 0 Å². The molecule has 0 aliphatic carbocycles. The van der Waals surface area contributed by atoms with Crippen LogP contribution in [0.25, 0.3) is 0 Å². The lowest BCUT2D eigenvalue weighted by Crippen LogP contribution is -2.43. The third-order valence-electron chi connectivity index (χ3n) is 5.28. The van der Waals surface area contributed by atoms with Gasteiger partial charge in [-0.05, 0) is 65.9 Å². The Morgan fingerprint density at radius 3 is 2.37 bits per heavy atom. The van der Waals surface area contributed by atoms with Crippen LogP contribution in [0.4, 0.5) is 8.78 Å². The Morgan fingerprint density at radius 2 is 1.87 bits per heavy atom. The van der Waals surface area contributed by atoms with Crippen LogP contribution >= 0.6 is 0 Å². The van der Waals surface area contributed by atoms with E-state index in [2.05, 4.69) is 34.6 Å². The standard InChI is InChI=1S/C22H34F2N6/c1-8-25-22(27-14(2)12-17-15(3)28-30(7)16(17)4)26-13-20(29(5)6)21-18(23)10-9-11-19(21)24/h9-11,14,20H,8,12-13H2,1-7H3,(H2,25,26,27). The molecule has 166 valence electrons. The van der Waals surface area contributed by atoms with Gasteiger partial charge in [0, 0.05) is 30.9 Å². The van der Waals surface area contributed by atoms with Crippen molar-refractivity contribution >= 4 is 5.96 Å². The Morgan fingerprint density at radius 1 is 1.23 bits per heavy atom. The molecule has 0 fully saturated rings. The Labute approximate surface area is 178 Å². The molecule has 1 aromatic carbocycles. The van der Waals surface area contributed by atoms with E-state index in [1.165, 1.54) is 23.8 Å². The van der Waals surface area contributed by atoms with Crippen molar-refractivity contribution in [2.24, 2.45) is 12.0 Å². The molecular formula is C22H34F2N6. The van der Waals surface area contributed by atoms with Gasteiger partial charge in [-0.25, -0.2) is 8.78 Å². The molecule has 6 nitrogen and oxygen atoms in total. The largest absolute Gasteiger partial charge is 0.357 e. The number of rotatable bonds is 8. The van der Waals surface area contributed by atoms with Gasteiger partial charge in [-0.2, -0.15) is 5.10 Å². The number of hydrogen-bond acceptors (Lipinski definition) is 3. The van der Waals surface area contributed by atoms with Gasteiger partial charge in [-0.3, -0.25) is 9.67 Å². The molecule has 0 radical (unpaired) electrons. The molecule has 0 bridgehead atoms. The SMILES string of the molecule is CCNC(=NCC(c1c(F)cccc1F)N(C)C)NC(C)Cc1c(C)nn(C)c1C. The van der Waals surface area contributed by atoms with E-state index in [9.17, 15) is 8.78 Å². The van der Waals surface area contributed by atoms with Crippen LogP contribution in [0, 0.1) is 25.5 Å². The monoisotopic (exact) mass is 420 g/mol. The number of nitrogens with zero attached hydrogens (tertiary/aromatic N) is 4. The van der Waals surface area contributed by atoms with Crippen LogP contribution in [0.1, 0.15) is 42.4 Å². The fourth-order valence-corrected chi connectivity index (χ4v) is 3.54. The average Bonchev–Trinajstić information content (AvgIpc) is 2.89. The summed E-state index contributed by atoms with van der Waals surface area (Å²) >= 11 is 0. The first kappa shape index (κ1) is 23.8. The van der Waals surface area contributed by atoms with Crippen LogP contribution in [0.3, 0.4) is 0 Å². The zero-order valence-electron chi connectivity index (χ0n) is 19.1. The van der Waals surface area contributed by atoms with Gasteiger partial charge in [0.15, 0.2) is 5.96 Å². The van der Waals surface area contributed by atoms with E-state index in [4.69, 9.17) is 0 Å². The number of aliphatic imine (C=N–C) groups is 1. The molecule has 0 saturated heterocycles. The molecule has 0 saturated carbocycles. The minimum absolute atomic E-state index is 0.0387. The number of aromatic nitrogens is 2. The molecule has 2 N–H and O–H groups in total. The third-order valence-corrected chi connectivity index (χ3v) is 5.28. The summed E-state index contributed by atoms with van der Waals surface area (Å²) in [6, 6.07) is 3.53. The molecule has 8 heteroatoms. The topological polar surface area (TPSA) is 57.5 Å². The highest BCUT2D eigenvalue weighted by Gasteiger charge is 2.22. The summed E-state index contributed by atoms with van der Waals surface area (Å²) in [7, 11) is 5.53. The van der Waals surface area contributed by atoms with Crippen LogP contribution in [-0.4, -0.2) is 53.9 Å². The van der Waals surface area contributed by atoms with E-state index in [1.54, 1.807) is 19.0 Å². The first-order chi connectivity index (χ1) is 14.1. The van der Waals surface area contributed by atoms with E-state index < -0.39 is 17.7 Å². The quantitative estimate of drug-likeness (QED) is 0.509. The van der Waals surface area contributed by atoms with Crippen molar-refractivity contribution in [3.05, 3.63) is 52.3 Å². The first-order valence-corrected chi connectivity index (χ1v) is 10.3. The van der Waals surface area contributed by atoms with Gasteiger partial charge in [0.2, 0.25) is 0 Å². The number of likely N-dealkylation sites (N-methyl/N-ethyl adjacent to an activating group) is 1. The third kappa shape index (κ3) is 5.78. The zero-order valence-corrected chi connectivity index (χ0v) is 19.1. The number of halogens is 2. The summed E-state index contributed by atoms with van der Waals surface area (Å²) in [5.41, 5.74) is 3.42. The van der Waals surface area contributed by atoms with Crippen LogP contribution in [0.5, 0.6) is 0 Å². The van der Waals surface area contributed by atoms with E-state index in [0.717, 1.165) is 17.8 Å². The maximum absolute atomic E-state index is 14.3. The summed E-state index contributed by atoms with van der Waals surface area (Å²) in [5.74, 6) is -0.497. The molecule has 2 unspecified atom stereocenters. The lowest BCUT2D eigenvalue weighted by molar-refractivity contribution is 0.290. The van der Waals surface area contributed by atoms with Crippen molar-refractivity contribution in [3.63, 3.8) is 0 Å². The molecule has 0 aliphatic heterocycles. The van der Waals surface area contributed by atoms with Crippen molar-refractivity contribution in [1.82, 2.24) is 25.3 Å². The molecule has 1 heterocycles. The maximum atomic E-state index is 14.3. The van der Waals surface area contributed by atoms with Gasteiger partial charge >= 0.3 is 0 Å². The summed E-state index contributed by atoms with van der Waals surface area (Å²) in [6.07, 6.45) is 0.801. The highest BCUT2D eigenvalue weighted by Crippen LogP contribution is 2.24. The van der Waals surface area contributed by atoms with Gasteiger partial charge in [0.05, 0.1) is 18.3 Å². The Kier molecular flexibility index (Phi) is 8.34. The highest BCUT2D eigenvalue weighted by atomic mass is 19.1. The lowest BCUT2D eigenvalue weighted by atomic mass is 10.0. The fourth-order valence-electron chi connectivity index (χ4n) is 3.54. The Balaban J connectivity index is 2.17. The normalized spacial score (nSPS) is 14.1. The fraction of sp³-hybridized carbons (Fsp3) is 0.545. The van der Waals surface area contributed by atoms with Crippen LogP contribution in [0.2, 0.25) is 0 Å². The second-order valence-electron chi connectivity index (χ2n) is 7.86. The number of guanidine groups is 1. The molecule has 2 atom stereocenters. The second-order valence-corrected chi connectivity index (χ2v) is 7.86. The average molecular weight is 421 g/mol. The van der Waals surface area contributed by atoms with E-state index in [0.29, 0.717) is 12.5 Å². The second kappa shape index (κ2) is 10.5. The van der Waals surface area contributed by atoms with E-state index in [-0.39, 0.29) is 18.2 Å².